The van der Waals surface area contributed by atoms with Gasteiger partial charge in [0, 0.05) is 25.9 Å². The molecule has 4 rings (SSSR count). The highest BCUT2D eigenvalue weighted by Crippen LogP contribution is 2.20. The Labute approximate surface area is 168 Å². The topological polar surface area (TPSA) is 82.4 Å². The SMILES string of the molecule is Cn1c(N2CCOC[C@H]2COCc2ccccc2)nc(-c2ccncn2)cc1=O. The predicted molar refractivity (Wildman–Crippen MR) is 109 cm³/mol. The number of nitrogens with zero attached hydrogens (tertiary/aromatic N) is 5. The molecule has 0 spiro atoms. The molecule has 29 heavy (non-hydrogen) atoms. The number of hydrogen-bond donors (Lipinski definition) is 0. The fourth-order valence-corrected chi connectivity index (χ4v) is 3.30. The van der Waals surface area contributed by atoms with Gasteiger partial charge in [0.15, 0.2) is 0 Å². The average molecular weight is 393 g/mol. The summed E-state index contributed by atoms with van der Waals surface area (Å²) in [6, 6.07) is 13.2. The van der Waals surface area contributed by atoms with E-state index in [9.17, 15) is 4.79 Å². The Hall–Kier alpha value is -3.10. The Balaban J connectivity index is 1.56. The first-order valence-corrected chi connectivity index (χ1v) is 9.53. The second kappa shape index (κ2) is 8.93. The van der Waals surface area contributed by atoms with Crippen molar-refractivity contribution in [3.8, 4) is 11.4 Å². The summed E-state index contributed by atoms with van der Waals surface area (Å²) in [5, 5.41) is 0. The van der Waals surface area contributed by atoms with E-state index in [0.717, 1.165) is 5.56 Å². The van der Waals surface area contributed by atoms with Crippen LogP contribution in [0.1, 0.15) is 5.56 Å². The molecule has 1 aliphatic rings. The molecule has 3 heterocycles. The lowest BCUT2D eigenvalue weighted by Gasteiger charge is -2.36. The summed E-state index contributed by atoms with van der Waals surface area (Å²) in [7, 11) is 1.73. The molecule has 150 valence electrons. The fraction of sp³-hybridized carbons (Fsp3) is 0.333. The zero-order chi connectivity index (χ0) is 20.1. The van der Waals surface area contributed by atoms with Gasteiger partial charge in [-0.25, -0.2) is 15.0 Å². The third-order valence-corrected chi connectivity index (χ3v) is 4.86. The summed E-state index contributed by atoms with van der Waals surface area (Å²) in [4.78, 5) is 27.5. The van der Waals surface area contributed by atoms with Crippen LogP contribution in [-0.2, 0) is 23.1 Å². The third kappa shape index (κ3) is 4.49. The number of rotatable bonds is 6. The lowest BCUT2D eigenvalue weighted by Crippen LogP contribution is -2.50. The molecule has 0 aliphatic carbocycles. The van der Waals surface area contributed by atoms with Gasteiger partial charge in [0.05, 0.1) is 43.9 Å². The first-order chi connectivity index (χ1) is 14.2. The standard InChI is InChI=1S/C21H23N5O3/c1-25-20(27)11-19(18-7-8-22-15-23-18)24-21(25)26-9-10-28-13-17(26)14-29-12-16-5-3-2-4-6-16/h2-8,11,15,17H,9-10,12-14H2,1H3/t17-/m0/s1. The van der Waals surface area contributed by atoms with Crippen molar-refractivity contribution in [3.63, 3.8) is 0 Å². The molecule has 2 aromatic heterocycles. The van der Waals surface area contributed by atoms with Crippen molar-refractivity contribution in [2.45, 2.75) is 12.6 Å². The lowest BCUT2D eigenvalue weighted by molar-refractivity contribution is 0.0380. The Kier molecular flexibility index (Phi) is 5.92. The van der Waals surface area contributed by atoms with Gasteiger partial charge in [0.1, 0.15) is 6.33 Å². The Bertz CT molecular complexity index is 994. The summed E-state index contributed by atoms with van der Waals surface area (Å²) < 4.78 is 13.2. The van der Waals surface area contributed by atoms with Crippen LogP contribution in [0, 0.1) is 0 Å². The number of benzene rings is 1. The molecule has 0 bridgehead atoms. The Morgan fingerprint density at radius 1 is 1.21 bits per heavy atom. The van der Waals surface area contributed by atoms with Gasteiger partial charge in [-0.2, -0.15) is 0 Å². The van der Waals surface area contributed by atoms with Crippen LogP contribution in [0.2, 0.25) is 0 Å². The fourth-order valence-electron chi connectivity index (χ4n) is 3.30. The smallest absolute Gasteiger partial charge is 0.255 e. The molecule has 0 radical (unpaired) electrons. The largest absolute Gasteiger partial charge is 0.377 e. The number of aromatic nitrogens is 4. The highest BCUT2D eigenvalue weighted by molar-refractivity contribution is 5.55. The predicted octanol–water partition coefficient (Wildman–Crippen LogP) is 1.66. The molecule has 1 saturated heterocycles. The molecule has 0 amide bonds. The van der Waals surface area contributed by atoms with Crippen LogP contribution in [0.5, 0.6) is 0 Å². The van der Waals surface area contributed by atoms with Crippen LogP contribution in [0.15, 0.2) is 59.8 Å². The highest BCUT2D eigenvalue weighted by atomic mass is 16.5. The first kappa shape index (κ1) is 19.2. The number of morpholine rings is 1. The maximum absolute atomic E-state index is 12.6. The van der Waals surface area contributed by atoms with Gasteiger partial charge >= 0.3 is 0 Å². The van der Waals surface area contributed by atoms with Crippen LogP contribution in [0.4, 0.5) is 5.95 Å². The second-order valence-corrected chi connectivity index (χ2v) is 6.86. The van der Waals surface area contributed by atoms with Crippen LogP contribution in [0.25, 0.3) is 11.4 Å². The molecule has 1 aromatic carbocycles. The van der Waals surface area contributed by atoms with Crippen molar-refractivity contribution in [2.24, 2.45) is 7.05 Å². The van der Waals surface area contributed by atoms with Crippen molar-refractivity contribution >= 4 is 5.95 Å². The minimum absolute atomic E-state index is 0.0359. The number of anilines is 1. The molecule has 0 saturated carbocycles. The van der Waals surface area contributed by atoms with Crippen molar-refractivity contribution in [1.29, 1.82) is 0 Å². The van der Waals surface area contributed by atoms with Crippen molar-refractivity contribution in [1.82, 2.24) is 19.5 Å². The average Bonchev–Trinajstić information content (AvgIpc) is 2.77. The van der Waals surface area contributed by atoms with Crippen LogP contribution < -0.4 is 10.5 Å². The zero-order valence-electron chi connectivity index (χ0n) is 16.3. The minimum atomic E-state index is -0.140. The van der Waals surface area contributed by atoms with Gasteiger partial charge in [-0.15, -0.1) is 0 Å². The molecule has 1 aliphatic heterocycles. The van der Waals surface area contributed by atoms with Crippen molar-refractivity contribution in [2.75, 3.05) is 31.3 Å². The van der Waals surface area contributed by atoms with Crippen LogP contribution in [0.3, 0.4) is 0 Å². The monoisotopic (exact) mass is 393 g/mol. The van der Waals surface area contributed by atoms with E-state index >= 15 is 0 Å². The first-order valence-electron chi connectivity index (χ1n) is 9.53. The molecule has 0 N–H and O–H groups in total. The maximum atomic E-state index is 12.6. The van der Waals surface area contributed by atoms with E-state index in [1.807, 2.05) is 30.3 Å². The molecule has 3 aromatic rings. The molecule has 1 fully saturated rings. The number of hydrogen-bond acceptors (Lipinski definition) is 7. The second-order valence-electron chi connectivity index (χ2n) is 6.86. The van der Waals surface area contributed by atoms with Crippen molar-refractivity contribution in [3.05, 3.63) is 70.9 Å². The summed E-state index contributed by atoms with van der Waals surface area (Å²) in [5.74, 6) is 0.586. The zero-order valence-corrected chi connectivity index (χ0v) is 16.3. The Morgan fingerprint density at radius 3 is 2.86 bits per heavy atom. The van der Waals surface area contributed by atoms with E-state index in [2.05, 4.69) is 14.9 Å². The van der Waals surface area contributed by atoms with Crippen LogP contribution >= 0.6 is 0 Å². The van der Waals surface area contributed by atoms with Gasteiger partial charge in [-0.05, 0) is 11.6 Å². The summed E-state index contributed by atoms with van der Waals surface area (Å²) in [6.45, 7) is 2.72. The number of ether oxygens (including phenoxy) is 2. The molecule has 8 nitrogen and oxygen atoms in total. The van der Waals surface area contributed by atoms with E-state index in [4.69, 9.17) is 14.5 Å². The van der Waals surface area contributed by atoms with E-state index in [1.54, 1.807) is 23.9 Å². The summed E-state index contributed by atoms with van der Waals surface area (Å²) in [6.07, 6.45) is 3.08. The van der Waals surface area contributed by atoms with Gasteiger partial charge in [0.2, 0.25) is 5.95 Å². The lowest BCUT2D eigenvalue weighted by atomic mass is 10.2. The minimum Gasteiger partial charge on any atom is -0.377 e. The van der Waals surface area contributed by atoms with E-state index in [1.165, 1.54) is 12.4 Å². The molecule has 0 unspecified atom stereocenters. The molecular formula is C21H23N5O3. The summed E-state index contributed by atoms with van der Waals surface area (Å²) >= 11 is 0. The molecular weight excluding hydrogens is 370 g/mol. The van der Waals surface area contributed by atoms with Crippen molar-refractivity contribution < 1.29 is 9.47 Å². The van der Waals surface area contributed by atoms with Crippen LogP contribution in [-0.4, -0.2) is 51.9 Å². The van der Waals surface area contributed by atoms with E-state index in [0.29, 0.717) is 50.3 Å². The van der Waals surface area contributed by atoms with E-state index in [-0.39, 0.29) is 11.6 Å². The van der Waals surface area contributed by atoms with E-state index < -0.39 is 0 Å². The summed E-state index contributed by atoms with van der Waals surface area (Å²) in [5.41, 5.74) is 2.12. The quantitative estimate of drug-likeness (QED) is 0.630. The Morgan fingerprint density at radius 2 is 2.07 bits per heavy atom. The maximum Gasteiger partial charge on any atom is 0.255 e. The van der Waals surface area contributed by atoms with Gasteiger partial charge in [-0.1, -0.05) is 30.3 Å². The normalized spacial score (nSPS) is 16.7. The van der Waals surface area contributed by atoms with Gasteiger partial charge < -0.3 is 14.4 Å². The molecule has 8 heteroatoms. The molecule has 1 atom stereocenters. The third-order valence-electron chi connectivity index (χ3n) is 4.86. The van der Waals surface area contributed by atoms with Gasteiger partial charge in [-0.3, -0.25) is 9.36 Å². The van der Waals surface area contributed by atoms with Gasteiger partial charge in [0.25, 0.3) is 5.56 Å². The highest BCUT2D eigenvalue weighted by Gasteiger charge is 2.27.